The molecule has 8 nitrogen and oxygen atoms in total. The first-order chi connectivity index (χ1) is 13.3. The minimum absolute atomic E-state index is 0.394. The average Bonchev–Trinajstić information content (AvgIpc) is 3.11. The van der Waals surface area contributed by atoms with Gasteiger partial charge in [-0.1, -0.05) is 6.07 Å². The van der Waals surface area contributed by atoms with Crippen molar-refractivity contribution in [2.24, 2.45) is 7.05 Å². The lowest BCUT2D eigenvalue weighted by Crippen LogP contribution is -2.28. The highest BCUT2D eigenvalue weighted by atomic mass is 16.2. The monoisotopic (exact) mass is 380 g/mol. The lowest BCUT2D eigenvalue weighted by Gasteiger charge is -2.10. The van der Waals surface area contributed by atoms with Gasteiger partial charge in [0.05, 0.1) is 0 Å². The van der Waals surface area contributed by atoms with E-state index in [9.17, 15) is 9.59 Å². The molecule has 0 amide bonds. The highest BCUT2D eigenvalue weighted by Gasteiger charge is 2.17. The summed E-state index contributed by atoms with van der Waals surface area (Å²) < 4.78 is 5.21. The molecule has 4 aromatic rings. The zero-order chi connectivity index (χ0) is 20.0. The number of hydrogen-bond acceptors (Lipinski definition) is 4. The van der Waals surface area contributed by atoms with Crippen LogP contribution >= 0.6 is 0 Å². The average molecular weight is 380 g/mol. The standard InChI is InChI=1S/C20H24N6O2/c1-12-8-13(2)10-15(9-12)21-6-5-7-25-14(3)11-26-16-17(22-19(25)26)24(4)20(28)23-18(16)27/h8-11,21H,5-7H2,1-4H3,(H,23,27,28). The zero-order valence-corrected chi connectivity index (χ0v) is 16.5. The van der Waals surface area contributed by atoms with E-state index in [2.05, 4.69) is 51.9 Å². The Morgan fingerprint density at radius 2 is 1.82 bits per heavy atom. The number of rotatable bonds is 5. The fraction of sp³-hybridized carbons (Fsp3) is 0.350. The fourth-order valence-corrected chi connectivity index (χ4v) is 3.74. The summed E-state index contributed by atoms with van der Waals surface area (Å²) in [6.45, 7) is 7.77. The number of aromatic nitrogens is 5. The van der Waals surface area contributed by atoms with E-state index in [0.29, 0.717) is 16.9 Å². The van der Waals surface area contributed by atoms with Gasteiger partial charge in [0, 0.05) is 37.7 Å². The number of imidazole rings is 2. The van der Waals surface area contributed by atoms with Crippen molar-refractivity contribution in [3.8, 4) is 0 Å². The van der Waals surface area contributed by atoms with Crippen molar-refractivity contribution >= 4 is 22.6 Å². The summed E-state index contributed by atoms with van der Waals surface area (Å²) in [7, 11) is 1.61. The van der Waals surface area contributed by atoms with Crippen LogP contribution in [0.5, 0.6) is 0 Å². The summed E-state index contributed by atoms with van der Waals surface area (Å²) in [5.74, 6) is 0.672. The molecule has 0 aliphatic rings. The topological polar surface area (TPSA) is 89.1 Å². The first-order valence-corrected chi connectivity index (χ1v) is 9.34. The number of nitrogens with one attached hydrogen (secondary N) is 2. The van der Waals surface area contributed by atoms with Crippen molar-refractivity contribution < 1.29 is 0 Å². The van der Waals surface area contributed by atoms with Crippen molar-refractivity contribution in [3.63, 3.8) is 0 Å². The van der Waals surface area contributed by atoms with E-state index in [4.69, 9.17) is 0 Å². The summed E-state index contributed by atoms with van der Waals surface area (Å²) in [6, 6.07) is 6.43. The van der Waals surface area contributed by atoms with Gasteiger partial charge in [0.15, 0.2) is 11.2 Å². The number of hydrogen-bond donors (Lipinski definition) is 2. The van der Waals surface area contributed by atoms with Gasteiger partial charge in [0.25, 0.3) is 5.56 Å². The van der Waals surface area contributed by atoms with Crippen LogP contribution in [-0.2, 0) is 13.6 Å². The highest BCUT2D eigenvalue weighted by Crippen LogP contribution is 2.17. The maximum atomic E-state index is 12.3. The van der Waals surface area contributed by atoms with Crippen molar-refractivity contribution in [1.29, 1.82) is 0 Å². The van der Waals surface area contributed by atoms with Crippen LogP contribution in [0.2, 0.25) is 0 Å². The smallest absolute Gasteiger partial charge is 0.329 e. The van der Waals surface area contributed by atoms with Gasteiger partial charge in [-0.25, -0.2) is 4.79 Å². The van der Waals surface area contributed by atoms with Crippen molar-refractivity contribution in [1.82, 2.24) is 23.5 Å². The van der Waals surface area contributed by atoms with Gasteiger partial charge in [-0.2, -0.15) is 4.98 Å². The molecule has 0 unspecified atom stereocenters. The summed E-state index contributed by atoms with van der Waals surface area (Å²) >= 11 is 0. The van der Waals surface area contributed by atoms with Gasteiger partial charge in [0.2, 0.25) is 5.78 Å². The number of aromatic amines is 1. The maximum Gasteiger partial charge on any atom is 0.329 e. The maximum absolute atomic E-state index is 12.3. The molecule has 0 saturated carbocycles. The molecule has 1 aromatic carbocycles. The van der Waals surface area contributed by atoms with E-state index in [1.807, 2.05) is 13.1 Å². The summed E-state index contributed by atoms with van der Waals surface area (Å²) in [5, 5.41) is 3.47. The Kier molecular flexibility index (Phi) is 4.33. The molecule has 0 fully saturated rings. The Balaban J connectivity index is 1.59. The largest absolute Gasteiger partial charge is 0.385 e. The molecule has 2 N–H and O–H groups in total. The van der Waals surface area contributed by atoms with Gasteiger partial charge < -0.3 is 9.88 Å². The Morgan fingerprint density at radius 3 is 2.54 bits per heavy atom. The second kappa shape index (κ2) is 6.70. The Hall–Kier alpha value is -3.29. The zero-order valence-electron chi connectivity index (χ0n) is 16.5. The van der Waals surface area contributed by atoms with Crippen molar-refractivity contribution in [3.05, 3.63) is 62.1 Å². The molecule has 0 atom stereocenters. The lowest BCUT2D eigenvalue weighted by atomic mass is 10.1. The molecule has 0 aliphatic carbocycles. The third-order valence-electron chi connectivity index (χ3n) is 5.02. The van der Waals surface area contributed by atoms with Gasteiger partial charge in [0.1, 0.15) is 0 Å². The van der Waals surface area contributed by atoms with E-state index in [1.165, 1.54) is 15.7 Å². The lowest BCUT2D eigenvalue weighted by molar-refractivity contribution is 0.660. The number of benzene rings is 1. The molecule has 0 saturated heterocycles. The van der Waals surface area contributed by atoms with Gasteiger partial charge in [-0.3, -0.25) is 18.7 Å². The van der Waals surface area contributed by atoms with Crippen molar-refractivity contribution in [2.45, 2.75) is 33.7 Å². The summed E-state index contributed by atoms with van der Waals surface area (Å²) in [4.78, 5) is 31.0. The molecule has 0 aliphatic heterocycles. The molecular formula is C20H24N6O2. The number of aryl methyl sites for hydroxylation is 5. The van der Waals surface area contributed by atoms with Gasteiger partial charge >= 0.3 is 5.69 Å². The second-order valence-electron chi connectivity index (χ2n) is 7.35. The van der Waals surface area contributed by atoms with Crippen LogP contribution in [0.4, 0.5) is 5.69 Å². The SMILES string of the molecule is Cc1cc(C)cc(NCCCn2c(C)cn3c4c(=O)[nH]c(=O)n(C)c4nc23)c1. The van der Waals surface area contributed by atoms with Crippen LogP contribution in [0.25, 0.3) is 16.9 Å². The molecule has 0 spiro atoms. The second-order valence-corrected chi connectivity index (χ2v) is 7.35. The van der Waals surface area contributed by atoms with Crippen LogP contribution in [0.1, 0.15) is 23.2 Å². The minimum atomic E-state index is -0.459. The number of anilines is 1. The molecular weight excluding hydrogens is 356 g/mol. The Bertz CT molecular complexity index is 1280. The quantitative estimate of drug-likeness (QED) is 0.519. The summed E-state index contributed by atoms with van der Waals surface area (Å²) in [6.07, 6.45) is 2.79. The third-order valence-corrected chi connectivity index (χ3v) is 5.02. The van der Waals surface area contributed by atoms with E-state index >= 15 is 0 Å². The molecule has 0 bridgehead atoms. The predicted octanol–water partition coefficient (Wildman–Crippen LogP) is 2.10. The third kappa shape index (κ3) is 3.00. The van der Waals surface area contributed by atoms with Crippen LogP contribution in [-0.4, -0.2) is 30.0 Å². The number of nitrogens with zero attached hydrogens (tertiary/aromatic N) is 4. The normalized spacial score (nSPS) is 11.6. The predicted molar refractivity (Wildman–Crippen MR) is 110 cm³/mol. The van der Waals surface area contributed by atoms with E-state index in [0.717, 1.165) is 30.9 Å². The molecule has 0 radical (unpaired) electrons. The molecule has 4 rings (SSSR count). The molecule has 8 heteroatoms. The first-order valence-electron chi connectivity index (χ1n) is 9.34. The van der Waals surface area contributed by atoms with Gasteiger partial charge in [-0.15, -0.1) is 0 Å². The first kappa shape index (κ1) is 18.1. The highest BCUT2D eigenvalue weighted by molar-refractivity contribution is 5.75. The number of fused-ring (bicyclic) bond motifs is 3. The van der Waals surface area contributed by atoms with E-state index in [-0.39, 0.29) is 0 Å². The fourth-order valence-electron chi connectivity index (χ4n) is 3.74. The van der Waals surface area contributed by atoms with Crippen LogP contribution in [0, 0.1) is 20.8 Å². The molecule has 3 aromatic heterocycles. The molecule has 28 heavy (non-hydrogen) atoms. The Labute approximate surface area is 161 Å². The van der Waals surface area contributed by atoms with E-state index < -0.39 is 11.2 Å². The van der Waals surface area contributed by atoms with E-state index in [1.54, 1.807) is 11.4 Å². The number of H-pyrrole nitrogens is 1. The van der Waals surface area contributed by atoms with Crippen molar-refractivity contribution in [2.75, 3.05) is 11.9 Å². The molecule has 146 valence electrons. The Morgan fingerprint density at radius 1 is 1.11 bits per heavy atom. The molecule has 3 heterocycles. The van der Waals surface area contributed by atoms with Crippen LogP contribution in [0.15, 0.2) is 34.0 Å². The van der Waals surface area contributed by atoms with Gasteiger partial charge in [-0.05, 0) is 50.5 Å². The summed E-state index contributed by atoms with van der Waals surface area (Å²) in [5.41, 5.74) is 4.54. The van der Waals surface area contributed by atoms with Crippen LogP contribution < -0.4 is 16.6 Å². The minimum Gasteiger partial charge on any atom is -0.385 e. The van der Waals surface area contributed by atoms with Crippen LogP contribution in [0.3, 0.4) is 0 Å².